The summed E-state index contributed by atoms with van der Waals surface area (Å²) in [5.41, 5.74) is 0. The highest BCUT2D eigenvalue weighted by molar-refractivity contribution is 8.02. The molecule has 2 N–H and O–H groups in total. The highest BCUT2D eigenvalue weighted by atomic mass is 32.2. The van der Waals surface area contributed by atoms with Gasteiger partial charge in [0, 0.05) is 10.5 Å². The van der Waals surface area contributed by atoms with Crippen molar-refractivity contribution >= 4 is 21.6 Å². The van der Waals surface area contributed by atoms with Crippen molar-refractivity contribution in [1.82, 2.24) is 0 Å². The predicted octanol–water partition coefficient (Wildman–Crippen LogP) is -0.353. The Morgan fingerprint density at radius 3 is 2.29 bits per heavy atom. The molecule has 84 valence electrons. The fraction of sp³-hybridized carbons (Fsp3) is 1.00. The van der Waals surface area contributed by atoms with Gasteiger partial charge in [-0.25, -0.2) is 8.42 Å². The Kier molecular flexibility index (Phi) is 3.85. The van der Waals surface area contributed by atoms with E-state index in [4.69, 9.17) is 0 Å². The Hall–Kier alpha value is 0.220. The lowest BCUT2D eigenvalue weighted by molar-refractivity contribution is 0.192. The topological polar surface area (TPSA) is 74.6 Å². The first-order chi connectivity index (χ1) is 6.32. The summed E-state index contributed by atoms with van der Waals surface area (Å²) < 4.78 is 22.3. The van der Waals surface area contributed by atoms with Gasteiger partial charge in [-0.2, -0.15) is 0 Å². The molecule has 1 aliphatic heterocycles. The zero-order valence-electron chi connectivity index (χ0n) is 8.25. The van der Waals surface area contributed by atoms with E-state index in [2.05, 4.69) is 0 Å². The number of hydrogen-bond acceptors (Lipinski definition) is 5. The number of thioether (sulfide) groups is 1. The molecule has 1 fully saturated rings. The summed E-state index contributed by atoms with van der Waals surface area (Å²) in [5, 5.41) is 18.4. The van der Waals surface area contributed by atoms with Crippen LogP contribution in [0.3, 0.4) is 0 Å². The molecule has 0 bridgehead atoms. The quantitative estimate of drug-likeness (QED) is 0.705. The lowest BCUT2D eigenvalue weighted by atomic mass is 10.3. The van der Waals surface area contributed by atoms with E-state index in [0.717, 1.165) is 0 Å². The highest BCUT2D eigenvalue weighted by Crippen LogP contribution is 2.29. The Balaban J connectivity index is 2.55. The largest absolute Gasteiger partial charge is 0.392 e. The van der Waals surface area contributed by atoms with Crippen LogP contribution >= 0.6 is 11.8 Å². The van der Waals surface area contributed by atoms with Crippen LogP contribution in [0.15, 0.2) is 0 Å². The maximum Gasteiger partial charge on any atom is 0.154 e. The van der Waals surface area contributed by atoms with E-state index < -0.39 is 22.0 Å². The summed E-state index contributed by atoms with van der Waals surface area (Å²) in [7, 11) is -3.07. The maximum atomic E-state index is 11.2. The molecule has 0 radical (unpaired) electrons. The average Bonchev–Trinajstić information content (AvgIpc) is 2.24. The molecule has 0 aromatic heterocycles. The molecular formula is C8H16O4S2. The van der Waals surface area contributed by atoms with Crippen molar-refractivity contribution in [3.8, 4) is 0 Å². The van der Waals surface area contributed by atoms with Crippen LogP contribution in [0.4, 0.5) is 0 Å². The molecular weight excluding hydrogens is 224 g/mol. The van der Waals surface area contributed by atoms with E-state index in [1.54, 1.807) is 6.92 Å². The minimum absolute atomic E-state index is 0.0237. The van der Waals surface area contributed by atoms with Crippen LogP contribution in [0, 0.1) is 0 Å². The first kappa shape index (κ1) is 12.3. The third-order valence-electron chi connectivity index (χ3n) is 2.34. The number of hydrogen-bond donors (Lipinski definition) is 2. The molecule has 0 amide bonds. The Labute approximate surface area is 88.6 Å². The summed E-state index contributed by atoms with van der Waals surface area (Å²) in [6.45, 7) is 3.49. The molecule has 14 heavy (non-hydrogen) atoms. The van der Waals surface area contributed by atoms with Gasteiger partial charge in [0.05, 0.1) is 23.7 Å². The third kappa shape index (κ3) is 3.12. The molecule has 1 saturated heterocycles. The van der Waals surface area contributed by atoms with Crippen molar-refractivity contribution in [1.29, 1.82) is 0 Å². The normalized spacial score (nSPS) is 35.4. The van der Waals surface area contributed by atoms with Crippen molar-refractivity contribution in [3.05, 3.63) is 0 Å². The van der Waals surface area contributed by atoms with Crippen molar-refractivity contribution < 1.29 is 18.6 Å². The van der Waals surface area contributed by atoms with E-state index in [9.17, 15) is 18.6 Å². The minimum atomic E-state index is -3.07. The molecule has 6 heteroatoms. The molecule has 0 aromatic rings. The molecule has 1 rings (SSSR count). The number of aliphatic hydroxyl groups excluding tert-OH is 2. The molecule has 0 aliphatic carbocycles. The lowest BCUT2D eigenvalue weighted by Gasteiger charge is -2.19. The van der Waals surface area contributed by atoms with Crippen LogP contribution in [0.1, 0.15) is 13.8 Å². The van der Waals surface area contributed by atoms with Gasteiger partial charge in [0.1, 0.15) is 0 Å². The van der Waals surface area contributed by atoms with E-state index in [-0.39, 0.29) is 22.0 Å². The summed E-state index contributed by atoms with van der Waals surface area (Å²) >= 11 is 1.35. The van der Waals surface area contributed by atoms with Crippen molar-refractivity contribution in [2.75, 3.05) is 11.5 Å². The number of sulfone groups is 1. The number of aliphatic hydroxyl groups is 2. The van der Waals surface area contributed by atoms with Gasteiger partial charge in [-0.3, -0.25) is 0 Å². The average molecular weight is 240 g/mol. The van der Waals surface area contributed by atoms with E-state index in [0.29, 0.717) is 0 Å². The Morgan fingerprint density at radius 1 is 1.36 bits per heavy atom. The van der Waals surface area contributed by atoms with Gasteiger partial charge in [0.25, 0.3) is 0 Å². The summed E-state index contributed by atoms with van der Waals surface area (Å²) in [6, 6.07) is 0. The van der Waals surface area contributed by atoms with Gasteiger partial charge in [0.2, 0.25) is 0 Å². The van der Waals surface area contributed by atoms with Crippen LogP contribution in [-0.4, -0.2) is 52.8 Å². The second kappa shape index (κ2) is 4.38. The fourth-order valence-corrected chi connectivity index (χ4v) is 5.04. The van der Waals surface area contributed by atoms with Crippen LogP contribution in [0.2, 0.25) is 0 Å². The SMILES string of the molecule is CC(O)C(C)SC1CS(=O)(=O)CC1O. The van der Waals surface area contributed by atoms with Gasteiger partial charge in [-0.15, -0.1) is 11.8 Å². The first-order valence-electron chi connectivity index (χ1n) is 4.54. The monoisotopic (exact) mass is 240 g/mol. The molecule has 4 nitrogen and oxygen atoms in total. The maximum absolute atomic E-state index is 11.2. The third-order valence-corrected chi connectivity index (χ3v) is 5.92. The summed E-state index contributed by atoms with van der Waals surface area (Å²) in [6.07, 6.45) is -1.28. The van der Waals surface area contributed by atoms with Crippen molar-refractivity contribution in [3.63, 3.8) is 0 Å². The zero-order chi connectivity index (χ0) is 10.9. The van der Waals surface area contributed by atoms with Gasteiger partial charge < -0.3 is 10.2 Å². The zero-order valence-corrected chi connectivity index (χ0v) is 9.88. The van der Waals surface area contributed by atoms with Crippen molar-refractivity contribution in [2.45, 2.75) is 36.6 Å². The number of rotatable bonds is 3. The second-order valence-electron chi connectivity index (χ2n) is 3.76. The van der Waals surface area contributed by atoms with E-state index in [1.165, 1.54) is 11.8 Å². The molecule has 0 saturated carbocycles. The smallest absolute Gasteiger partial charge is 0.154 e. The summed E-state index contributed by atoms with van der Waals surface area (Å²) in [5.74, 6) is -0.118. The highest BCUT2D eigenvalue weighted by Gasteiger charge is 2.37. The molecule has 1 heterocycles. The lowest BCUT2D eigenvalue weighted by Crippen LogP contribution is -2.26. The van der Waals surface area contributed by atoms with Gasteiger partial charge in [-0.1, -0.05) is 6.92 Å². The Morgan fingerprint density at radius 2 is 1.93 bits per heavy atom. The van der Waals surface area contributed by atoms with Gasteiger partial charge >= 0.3 is 0 Å². The molecule has 1 aliphatic rings. The van der Waals surface area contributed by atoms with Crippen molar-refractivity contribution in [2.24, 2.45) is 0 Å². The van der Waals surface area contributed by atoms with Gasteiger partial charge in [-0.05, 0) is 6.92 Å². The molecule has 4 unspecified atom stereocenters. The van der Waals surface area contributed by atoms with Gasteiger partial charge in [0.15, 0.2) is 9.84 Å². The Bertz CT molecular complexity index is 286. The first-order valence-corrected chi connectivity index (χ1v) is 7.30. The van der Waals surface area contributed by atoms with Crippen LogP contribution in [0.25, 0.3) is 0 Å². The van der Waals surface area contributed by atoms with Crippen LogP contribution in [0.5, 0.6) is 0 Å². The predicted molar refractivity (Wildman–Crippen MR) is 57.2 cm³/mol. The van der Waals surface area contributed by atoms with E-state index in [1.807, 2.05) is 6.92 Å². The fourth-order valence-electron chi connectivity index (χ4n) is 1.32. The minimum Gasteiger partial charge on any atom is -0.392 e. The molecule has 0 aromatic carbocycles. The standard InChI is InChI=1S/C8H16O4S2/c1-5(9)6(2)13-8-4-14(11,12)3-7(8)10/h5-10H,3-4H2,1-2H3. The molecule has 4 atom stereocenters. The van der Waals surface area contributed by atoms with Crippen LogP contribution < -0.4 is 0 Å². The molecule has 0 spiro atoms. The second-order valence-corrected chi connectivity index (χ2v) is 7.54. The van der Waals surface area contributed by atoms with Crippen LogP contribution in [-0.2, 0) is 9.84 Å². The summed E-state index contributed by atoms with van der Waals surface area (Å²) in [4.78, 5) is 0. The van der Waals surface area contributed by atoms with E-state index >= 15 is 0 Å².